The molecule has 2 aromatic rings. The van der Waals surface area contributed by atoms with E-state index in [1.807, 2.05) is 31.2 Å². The lowest BCUT2D eigenvalue weighted by atomic mass is 10.1. The number of hydrogen-bond acceptors (Lipinski definition) is 4. The van der Waals surface area contributed by atoms with Crippen molar-refractivity contribution in [2.45, 2.75) is 13.3 Å². The molecular formula is C19H22N2O4. The molecule has 0 spiro atoms. The van der Waals surface area contributed by atoms with Crippen LogP contribution in [-0.4, -0.2) is 32.1 Å². The van der Waals surface area contributed by atoms with Gasteiger partial charge in [-0.25, -0.2) is 0 Å². The number of amides is 2. The number of ether oxygens (including phenoxy) is 2. The summed E-state index contributed by atoms with van der Waals surface area (Å²) in [6.45, 7) is 2.39. The molecule has 2 amide bonds. The van der Waals surface area contributed by atoms with Gasteiger partial charge in [-0.2, -0.15) is 0 Å². The molecule has 0 aliphatic carbocycles. The Labute approximate surface area is 147 Å². The molecule has 2 N–H and O–H groups in total. The van der Waals surface area contributed by atoms with Crippen LogP contribution in [0.3, 0.4) is 0 Å². The highest BCUT2D eigenvalue weighted by molar-refractivity contribution is 5.92. The maximum atomic E-state index is 12.1. The Kier molecular flexibility index (Phi) is 6.83. The molecule has 0 atom stereocenters. The van der Waals surface area contributed by atoms with Crippen molar-refractivity contribution in [3.05, 3.63) is 54.1 Å². The minimum atomic E-state index is -0.167. The topological polar surface area (TPSA) is 76.7 Å². The van der Waals surface area contributed by atoms with Gasteiger partial charge in [-0.3, -0.25) is 9.59 Å². The maximum Gasteiger partial charge on any atom is 0.257 e. The average Bonchev–Trinajstić information content (AvgIpc) is 2.62. The summed E-state index contributed by atoms with van der Waals surface area (Å²) >= 11 is 0. The molecule has 2 rings (SSSR count). The number of methoxy groups -OCH3 is 1. The summed E-state index contributed by atoms with van der Waals surface area (Å²) in [6, 6.07) is 14.3. The summed E-state index contributed by atoms with van der Waals surface area (Å²) in [5.41, 5.74) is 1.57. The number of benzene rings is 2. The number of anilines is 1. The predicted octanol–water partition coefficient (Wildman–Crippen LogP) is 2.39. The first-order valence-electron chi connectivity index (χ1n) is 8.03. The van der Waals surface area contributed by atoms with E-state index in [2.05, 4.69) is 10.6 Å². The van der Waals surface area contributed by atoms with Gasteiger partial charge in [0.05, 0.1) is 13.5 Å². The van der Waals surface area contributed by atoms with E-state index in [-0.39, 0.29) is 24.8 Å². The summed E-state index contributed by atoms with van der Waals surface area (Å²) in [5, 5.41) is 5.48. The van der Waals surface area contributed by atoms with Gasteiger partial charge in [0.25, 0.3) is 5.91 Å². The fourth-order valence-corrected chi connectivity index (χ4v) is 2.17. The molecule has 0 heterocycles. The van der Waals surface area contributed by atoms with Gasteiger partial charge in [0.1, 0.15) is 11.5 Å². The van der Waals surface area contributed by atoms with Gasteiger partial charge in [-0.15, -0.1) is 0 Å². The van der Waals surface area contributed by atoms with Gasteiger partial charge in [-0.1, -0.05) is 12.1 Å². The Morgan fingerprint density at radius 1 is 0.920 bits per heavy atom. The second-order valence-electron chi connectivity index (χ2n) is 5.34. The number of nitrogens with one attached hydrogen (secondary N) is 2. The van der Waals surface area contributed by atoms with E-state index in [1.165, 1.54) is 0 Å². The molecule has 0 unspecified atom stereocenters. The van der Waals surface area contributed by atoms with Crippen molar-refractivity contribution in [3.63, 3.8) is 0 Å². The van der Waals surface area contributed by atoms with Crippen LogP contribution in [0, 0.1) is 0 Å². The summed E-state index contributed by atoms with van der Waals surface area (Å²) in [4.78, 5) is 23.4. The summed E-state index contributed by atoms with van der Waals surface area (Å²) in [7, 11) is 1.60. The van der Waals surface area contributed by atoms with Gasteiger partial charge in [-0.05, 0) is 48.9 Å². The second-order valence-corrected chi connectivity index (χ2v) is 5.34. The summed E-state index contributed by atoms with van der Waals surface area (Å²) in [5.74, 6) is 1.05. The van der Waals surface area contributed by atoms with Crippen molar-refractivity contribution in [1.82, 2.24) is 5.32 Å². The molecule has 6 heteroatoms. The van der Waals surface area contributed by atoms with Crippen molar-refractivity contribution in [2.24, 2.45) is 0 Å². The van der Waals surface area contributed by atoms with Crippen LogP contribution in [0.1, 0.15) is 12.5 Å². The van der Waals surface area contributed by atoms with Gasteiger partial charge in [0, 0.05) is 12.2 Å². The van der Waals surface area contributed by atoms with Gasteiger partial charge < -0.3 is 20.1 Å². The largest absolute Gasteiger partial charge is 0.497 e. The van der Waals surface area contributed by atoms with E-state index in [0.29, 0.717) is 18.0 Å². The lowest BCUT2D eigenvalue weighted by Crippen LogP contribution is -2.28. The standard InChI is InChI=1S/C19H22N2O4/c1-3-20-19(23)13-25-17-10-6-15(7-11-17)21-18(22)12-14-4-8-16(24-2)9-5-14/h4-11H,3,12-13H2,1-2H3,(H,20,23)(H,21,22). The number of rotatable bonds is 8. The monoisotopic (exact) mass is 342 g/mol. The molecule has 0 saturated heterocycles. The highest BCUT2D eigenvalue weighted by Gasteiger charge is 2.06. The molecule has 0 aliphatic rings. The van der Waals surface area contributed by atoms with Crippen LogP contribution in [0.4, 0.5) is 5.69 Å². The van der Waals surface area contributed by atoms with Crippen molar-refractivity contribution in [1.29, 1.82) is 0 Å². The van der Waals surface area contributed by atoms with E-state index < -0.39 is 0 Å². The van der Waals surface area contributed by atoms with Crippen LogP contribution in [0.25, 0.3) is 0 Å². The fourth-order valence-electron chi connectivity index (χ4n) is 2.17. The highest BCUT2D eigenvalue weighted by Crippen LogP contribution is 2.16. The summed E-state index contributed by atoms with van der Waals surface area (Å²) in [6.07, 6.45) is 0.277. The molecule has 2 aromatic carbocycles. The minimum Gasteiger partial charge on any atom is -0.497 e. The van der Waals surface area contributed by atoms with Crippen LogP contribution in [0.5, 0.6) is 11.5 Å². The molecule has 0 radical (unpaired) electrons. The van der Waals surface area contributed by atoms with Crippen LogP contribution in [0.15, 0.2) is 48.5 Å². The quantitative estimate of drug-likeness (QED) is 0.772. The van der Waals surface area contributed by atoms with E-state index in [9.17, 15) is 9.59 Å². The summed E-state index contributed by atoms with van der Waals surface area (Å²) < 4.78 is 10.5. The Bertz CT molecular complexity index is 696. The number of carbonyl (C=O) groups is 2. The zero-order valence-corrected chi connectivity index (χ0v) is 14.4. The molecule has 0 fully saturated rings. The zero-order valence-electron chi connectivity index (χ0n) is 14.4. The van der Waals surface area contributed by atoms with Gasteiger partial charge in [0.15, 0.2) is 6.61 Å². The number of likely N-dealkylation sites (N-methyl/N-ethyl adjacent to an activating group) is 1. The lowest BCUT2D eigenvalue weighted by Gasteiger charge is -2.09. The first kappa shape index (κ1) is 18.3. The van der Waals surface area contributed by atoms with Crippen molar-refractivity contribution < 1.29 is 19.1 Å². The van der Waals surface area contributed by atoms with Crippen LogP contribution >= 0.6 is 0 Å². The van der Waals surface area contributed by atoms with Crippen molar-refractivity contribution in [2.75, 3.05) is 25.6 Å². The molecule has 6 nitrogen and oxygen atoms in total. The van der Waals surface area contributed by atoms with Crippen LogP contribution in [0.2, 0.25) is 0 Å². The van der Waals surface area contributed by atoms with E-state index >= 15 is 0 Å². The third-order valence-corrected chi connectivity index (χ3v) is 3.41. The highest BCUT2D eigenvalue weighted by atomic mass is 16.5. The first-order valence-corrected chi connectivity index (χ1v) is 8.03. The Balaban J connectivity index is 1.83. The molecule has 132 valence electrons. The van der Waals surface area contributed by atoms with Gasteiger partial charge in [0.2, 0.25) is 5.91 Å². The molecule has 0 saturated carbocycles. The number of hydrogen-bond donors (Lipinski definition) is 2. The van der Waals surface area contributed by atoms with Crippen LogP contribution in [-0.2, 0) is 16.0 Å². The predicted molar refractivity (Wildman–Crippen MR) is 95.9 cm³/mol. The molecule has 0 aromatic heterocycles. The SMILES string of the molecule is CCNC(=O)COc1ccc(NC(=O)Cc2ccc(OC)cc2)cc1. The average molecular weight is 342 g/mol. The van der Waals surface area contributed by atoms with E-state index in [1.54, 1.807) is 31.4 Å². The van der Waals surface area contributed by atoms with E-state index in [4.69, 9.17) is 9.47 Å². The normalized spacial score (nSPS) is 10.0. The molecule has 0 bridgehead atoms. The lowest BCUT2D eigenvalue weighted by molar-refractivity contribution is -0.123. The first-order chi connectivity index (χ1) is 12.1. The van der Waals surface area contributed by atoms with Gasteiger partial charge >= 0.3 is 0 Å². The van der Waals surface area contributed by atoms with Crippen LogP contribution < -0.4 is 20.1 Å². The molecule has 25 heavy (non-hydrogen) atoms. The minimum absolute atomic E-state index is 0.0307. The van der Waals surface area contributed by atoms with E-state index in [0.717, 1.165) is 11.3 Å². The van der Waals surface area contributed by atoms with Crippen molar-refractivity contribution >= 4 is 17.5 Å². The Morgan fingerprint density at radius 2 is 1.56 bits per heavy atom. The molecular weight excluding hydrogens is 320 g/mol. The Morgan fingerprint density at radius 3 is 2.16 bits per heavy atom. The Hall–Kier alpha value is -3.02. The maximum absolute atomic E-state index is 12.1. The second kappa shape index (κ2) is 9.32. The zero-order chi connectivity index (χ0) is 18.1. The third-order valence-electron chi connectivity index (χ3n) is 3.41. The fraction of sp³-hybridized carbons (Fsp3) is 0.263. The van der Waals surface area contributed by atoms with Crippen molar-refractivity contribution in [3.8, 4) is 11.5 Å². The third kappa shape index (κ3) is 6.18. The smallest absolute Gasteiger partial charge is 0.257 e. The molecule has 0 aliphatic heterocycles. The number of carbonyl (C=O) groups excluding carboxylic acids is 2.